The molecule has 1 fully saturated rings. The molecular formula is C6H11N2OS. The van der Waals surface area contributed by atoms with Crippen LogP contribution in [-0.2, 0) is 4.74 Å². The van der Waals surface area contributed by atoms with E-state index in [-0.39, 0.29) is 0 Å². The molecule has 0 aliphatic carbocycles. The molecule has 57 valence electrons. The Morgan fingerprint density at radius 2 is 2.10 bits per heavy atom. The van der Waals surface area contributed by atoms with Gasteiger partial charge in [-0.1, -0.05) is 12.2 Å². The number of hydrazine groups is 1. The van der Waals surface area contributed by atoms with Crippen molar-refractivity contribution < 1.29 is 4.74 Å². The molecule has 4 heteroatoms. The molecule has 1 N–H and O–H groups in total. The first-order valence-electron chi connectivity index (χ1n) is 3.24. The second-order valence-electron chi connectivity index (χ2n) is 2.13. The zero-order valence-electron chi connectivity index (χ0n) is 5.80. The molecule has 1 heterocycles. The zero-order valence-corrected chi connectivity index (χ0v) is 6.62. The van der Waals surface area contributed by atoms with E-state index in [1.807, 2.05) is 5.01 Å². The summed E-state index contributed by atoms with van der Waals surface area (Å²) in [5.74, 6) is 0. The molecule has 10 heavy (non-hydrogen) atoms. The standard InChI is InChI=1S/C6H11N2OS/c1-6(10)7-8-2-4-9-5-3-8/h1-5H2,(H,7,10). The molecule has 0 amide bonds. The van der Waals surface area contributed by atoms with Crippen molar-refractivity contribution >= 4 is 17.2 Å². The number of hydrogen-bond donors (Lipinski definition) is 1. The van der Waals surface area contributed by atoms with Crippen LogP contribution in [0.4, 0.5) is 0 Å². The summed E-state index contributed by atoms with van der Waals surface area (Å²) in [7, 11) is 0. The van der Waals surface area contributed by atoms with Crippen LogP contribution in [0.25, 0.3) is 0 Å². The summed E-state index contributed by atoms with van der Waals surface area (Å²) in [6.45, 7) is 6.89. The van der Waals surface area contributed by atoms with Crippen LogP contribution in [-0.4, -0.2) is 36.3 Å². The van der Waals surface area contributed by atoms with Gasteiger partial charge in [-0.2, -0.15) is 0 Å². The van der Waals surface area contributed by atoms with Gasteiger partial charge in [-0.15, -0.1) is 0 Å². The van der Waals surface area contributed by atoms with E-state index in [0.29, 0.717) is 4.99 Å². The van der Waals surface area contributed by atoms with Crippen LogP contribution in [0.3, 0.4) is 0 Å². The number of hydrogen-bond acceptors (Lipinski definition) is 3. The van der Waals surface area contributed by atoms with Gasteiger partial charge in [-0.05, 0) is 0 Å². The van der Waals surface area contributed by atoms with E-state index in [1.54, 1.807) is 0 Å². The Labute approximate surface area is 66.3 Å². The predicted octanol–water partition coefficient (Wildman–Crippen LogP) is -0.0153. The number of rotatable bonds is 1. The molecule has 0 saturated carbocycles. The fourth-order valence-electron chi connectivity index (χ4n) is 0.852. The molecule has 0 spiro atoms. The lowest BCUT2D eigenvalue weighted by atomic mass is 10.5. The Bertz CT molecular complexity index is 123. The van der Waals surface area contributed by atoms with E-state index in [4.69, 9.17) is 17.0 Å². The van der Waals surface area contributed by atoms with Crippen LogP contribution >= 0.6 is 12.2 Å². The highest BCUT2D eigenvalue weighted by Crippen LogP contribution is 1.91. The van der Waals surface area contributed by atoms with Gasteiger partial charge in [0.1, 0.15) is 0 Å². The van der Waals surface area contributed by atoms with Crippen molar-refractivity contribution in [2.75, 3.05) is 26.3 Å². The third kappa shape index (κ3) is 2.60. The Kier molecular flexibility index (Phi) is 3.05. The Hall–Kier alpha value is -0.190. The molecule has 0 aromatic rings. The highest BCUT2D eigenvalue weighted by molar-refractivity contribution is 7.80. The lowest BCUT2D eigenvalue weighted by molar-refractivity contribution is 0.0254. The quantitative estimate of drug-likeness (QED) is 0.544. The molecule has 0 aromatic heterocycles. The van der Waals surface area contributed by atoms with Crippen LogP contribution in [0.15, 0.2) is 0 Å². The normalized spacial score (nSPS) is 20.5. The summed E-state index contributed by atoms with van der Waals surface area (Å²) in [4.78, 5) is 0.571. The van der Waals surface area contributed by atoms with Crippen LogP contribution in [0, 0.1) is 6.92 Å². The lowest BCUT2D eigenvalue weighted by Gasteiger charge is -2.27. The van der Waals surface area contributed by atoms with Gasteiger partial charge in [-0.3, -0.25) is 0 Å². The van der Waals surface area contributed by atoms with Gasteiger partial charge in [0.15, 0.2) is 0 Å². The minimum absolute atomic E-state index is 0.571. The van der Waals surface area contributed by atoms with Gasteiger partial charge in [0.2, 0.25) is 0 Å². The highest BCUT2D eigenvalue weighted by atomic mass is 32.1. The summed E-state index contributed by atoms with van der Waals surface area (Å²) < 4.78 is 5.14. The summed E-state index contributed by atoms with van der Waals surface area (Å²) >= 11 is 4.77. The first-order chi connectivity index (χ1) is 4.79. The maximum atomic E-state index is 5.14. The molecule has 0 bridgehead atoms. The number of morpholine rings is 1. The summed E-state index contributed by atoms with van der Waals surface area (Å²) in [5.41, 5.74) is 2.96. The third-order valence-corrected chi connectivity index (χ3v) is 1.39. The van der Waals surface area contributed by atoms with Gasteiger partial charge in [0.05, 0.1) is 18.2 Å². The van der Waals surface area contributed by atoms with Crippen LogP contribution in [0.5, 0.6) is 0 Å². The predicted molar refractivity (Wildman–Crippen MR) is 43.5 cm³/mol. The first-order valence-corrected chi connectivity index (χ1v) is 3.65. The van der Waals surface area contributed by atoms with Crippen molar-refractivity contribution in [2.45, 2.75) is 0 Å². The molecule has 1 rings (SSSR count). The summed E-state index contributed by atoms with van der Waals surface area (Å²) in [6.07, 6.45) is 0. The first kappa shape index (κ1) is 7.91. The molecule has 0 atom stereocenters. The Morgan fingerprint density at radius 3 is 2.60 bits per heavy atom. The minimum atomic E-state index is 0.571. The minimum Gasteiger partial charge on any atom is -0.379 e. The van der Waals surface area contributed by atoms with E-state index in [9.17, 15) is 0 Å². The average molecular weight is 159 g/mol. The van der Waals surface area contributed by atoms with Crippen molar-refractivity contribution in [1.29, 1.82) is 0 Å². The number of ether oxygens (including phenoxy) is 1. The van der Waals surface area contributed by atoms with E-state index in [1.165, 1.54) is 0 Å². The van der Waals surface area contributed by atoms with Crippen molar-refractivity contribution in [1.82, 2.24) is 10.4 Å². The molecule has 1 aliphatic heterocycles. The number of nitrogens with one attached hydrogen (secondary N) is 1. The Morgan fingerprint density at radius 1 is 1.50 bits per heavy atom. The second kappa shape index (κ2) is 3.85. The molecule has 1 radical (unpaired) electrons. The van der Waals surface area contributed by atoms with E-state index in [2.05, 4.69) is 12.3 Å². The van der Waals surface area contributed by atoms with E-state index in [0.717, 1.165) is 26.3 Å². The molecule has 0 unspecified atom stereocenters. The molecule has 3 nitrogen and oxygen atoms in total. The maximum absolute atomic E-state index is 5.14. The lowest BCUT2D eigenvalue weighted by Crippen LogP contribution is -2.47. The van der Waals surface area contributed by atoms with Crippen molar-refractivity contribution in [3.63, 3.8) is 0 Å². The van der Waals surface area contributed by atoms with Crippen molar-refractivity contribution in [2.24, 2.45) is 0 Å². The highest BCUT2D eigenvalue weighted by Gasteiger charge is 2.08. The van der Waals surface area contributed by atoms with Crippen LogP contribution in [0.1, 0.15) is 0 Å². The van der Waals surface area contributed by atoms with E-state index < -0.39 is 0 Å². The summed E-state index contributed by atoms with van der Waals surface area (Å²) in [6, 6.07) is 0. The molecular weight excluding hydrogens is 148 g/mol. The Balaban J connectivity index is 2.19. The van der Waals surface area contributed by atoms with Gasteiger partial charge < -0.3 is 10.2 Å². The van der Waals surface area contributed by atoms with Gasteiger partial charge >= 0.3 is 0 Å². The van der Waals surface area contributed by atoms with E-state index >= 15 is 0 Å². The SMILES string of the molecule is [CH2]C(=S)NN1CCOCC1. The van der Waals surface area contributed by atoms with Crippen LogP contribution in [0.2, 0.25) is 0 Å². The second-order valence-corrected chi connectivity index (χ2v) is 2.63. The topological polar surface area (TPSA) is 24.5 Å². The third-order valence-electron chi connectivity index (χ3n) is 1.29. The fourth-order valence-corrected chi connectivity index (χ4v) is 0.981. The van der Waals surface area contributed by atoms with Gasteiger partial charge in [0, 0.05) is 20.0 Å². The van der Waals surface area contributed by atoms with Crippen molar-refractivity contribution in [3.8, 4) is 0 Å². The molecule has 1 saturated heterocycles. The largest absolute Gasteiger partial charge is 0.379 e. The van der Waals surface area contributed by atoms with Gasteiger partial charge in [0.25, 0.3) is 0 Å². The fraction of sp³-hybridized carbons (Fsp3) is 0.667. The van der Waals surface area contributed by atoms with Crippen LogP contribution < -0.4 is 5.43 Å². The summed E-state index contributed by atoms with van der Waals surface area (Å²) in [5, 5.41) is 2.01. The monoisotopic (exact) mass is 159 g/mol. The van der Waals surface area contributed by atoms with Crippen molar-refractivity contribution in [3.05, 3.63) is 6.92 Å². The maximum Gasteiger partial charge on any atom is 0.0901 e. The smallest absolute Gasteiger partial charge is 0.0901 e. The average Bonchev–Trinajstić information content (AvgIpc) is 1.88. The molecule has 1 aliphatic rings. The zero-order chi connectivity index (χ0) is 7.40. The number of thiocarbonyl (C=S) groups is 1. The number of nitrogens with zero attached hydrogens (tertiary/aromatic N) is 1. The molecule has 0 aromatic carbocycles. The van der Waals surface area contributed by atoms with Gasteiger partial charge in [-0.25, -0.2) is 5.01 Å².